The van der Waals surface area contributed by atoms with Gasteiger partial charge in [-0.25, -0.2) is 4.98 Å². The molecule has 1 heterocycles. The van der Waals surface area contributed by atoms with E-state index in [1.54, 1.807) is 56.6 Å². The summed E-state index contributed by atoms with van der Waals surface area (Å²) in [6.45, 7) is 1.99. The molecule has 2 N–H and O–H groups in total. The molecular weight excluding hydrogens is 440 g/mol. The second-order valence-corrected chi connectivity index (χ2v) is 7.39. The summed E-state index contributed by atoms with van der Waals surface area (Å²) >= 11 is 3.29. The van der Waals surface area contributed by atoms with Crippen LogP contribution >= 0.6 is 15.9 Å². The fourth-order valence-electron chi connectivity index (χ4n) is 2.72. The Balaban J connectivity index is 1.87. The van der Waals surface area contributed by atoms with Crippen molar-refractivity contribution in [3.63, 3.8) is 0 Å². The molecule has 156 valence electrons. The van der Waals surface area contributed by atoms with Crippen LogP contribution in [0.15, 0.2) is 41.0 Å². The summed E-state index contributed by atoms with van der Waals surface area (Å²) in [5.74, 6) is 1.33. The topological polar surface area (TPSA) is 92.8 Å². The maximum absolute atomic E-state index is 12.4. The Morgan fingerprint density at radius 3 is 2.48 bits per heavy atom. The van der Waals surface area contributed by atoms with Gasteiger partial charge in [0.2, 0.25) is 11.8 Å². The molecule has 0 spiro atoms. The minimum atomic E-state index is -0.290. The van der Waals surface area contributed by atoms with Crippen LogP contribution in [-0.2, 0) is 9.59 Å². The van der Waals surface area contributed by atoms with Crippen LogP contribution < -0.4 is 20.1 Å². The number of anilines is 1. The van der Waals surface area contributed by atoms with E-state index in [4.69, 9.17) is 9.47 Å². The molecule has 1 unspecified atom stereocenters. The molecule has 0 saturated heterocycles. The third kappa shape index (κ3) is 7.03. The number of hydrogen-bond donors (Lipinski definition) is 2. The van der Waals surface area contributed by atoms with E-state index in [0.29, 0.717) is 17.3 Å². The zero-order valence-corrected chi connectivity index (χ0v) is 18.4. The predicted octanol–water partition coefficient (Wildman–Crippen LogP) is 2.61. The minimum absolute atomic E-state index is 0.0576. The maximum Gasteiger partial charge on any atom is 0.239 e. The molecule has 0 aliphatic heterocycles. The first-order chi connectivity index (χ1) is 13.8. The number of halogens is 1. The van der Waals surface area contributed by atoms with Gasteiger partial charge in [0.1, 0.15) is 17.3 Å². The summed E-state index contributed by atoms with van der Waals surface area (Å²) in [5.41, 5.74) is 0.807. The van der Waals surface area contributed by atoms with Crippen LogP contribution in [0.25, 0.3) is 0 Å². The Morgan fingerprint density at radius 1 is 1.14 bits per heavy atom. The smallest absolute Gasteiger partial charge is 0.239 e. The van der Waals surface area contributed by atoms with E-state index in [0.717, 1.165) is 10.0 Å². The van der Waals surface area contributed by atoms with Gasteiger partial charge in [0, 0.05) is 16.2 Å². The van der Waals surface area contributed by atoms with Crippen LogP contribution in [0.3, 0.4) is 0 Å². The molecule has 8 nitrogen and oxygen atoms in total. The second-order valence-electron chi connectivity index (χ2n) is 6.48. The molecule has 29 heavy (non-hydrogen) atoms. The highest BCUT2D eigenvalue weighted by atomic mass is 79.9. The summed E-state index contributed by atoms with van der Waals surface area (Å²) in [7, 11) is 4.86. The lowest BCUT2D eigenvalue weighted by atomic mass is 10.1. The van der Waals surface area contributed by atoms with Crippen molar-refractivity contribution in [1.82, 2.24) is 15.2 Å². The number of carbonyl (C=O) groups is 2. The lowest BCUT2D eigenvalue weighted by Crippen LogP contribution is -2.39. The number of carbonyl (C=O) groups excluding carboxylic acids is 2. The SMILES string of the molecule is COc1ccc(OC)c(C(C)NC(=O)CN(C)CC(=O)Nc2ccc(Br)cn2)c1. The Hall–Kier alpha value is -2.65. The molecule has 0 bridgehead atoms. The van der Waals surface area contributed by atoms with Crippen molar-refractivity contribution in [2.24, 2.45) is 0 Å². The van der Waals surface area contributed by atoms with Crippen molar-refractivity contribution in [1.29, 1.82) is 0 Å². The molecular formula is C20H25BrN4O4. The van der Waals surface area contributed by atoms with Gasteiger partial charge in [0.05, 0.1) is 33.4 Å². The van der Waals surface area contributed by atoms with Crippen molar-refractivity contribution in [2.45, 2.75) is 13.0 Å². The summed E-state index contributed by atoms with van der Waals surface area (Å²) in [5, 5.41) is 5.61. The monoisotopic (exact) mass is 464 g/mol. The average Bonchev–Trinajstić information content (AvgIpc) is 2.68. The number of ether oxygens (including phenoxy) is 2. The Morgan fingerprint density at radius 2 is 1.86 bits per heavy atom. The Labute approximate surface area is 178 Å². The zero-order valence-electron chi connectivity index (χ0n) is 16.9. The largest absolute Gasteiger partial charge is 0.497 e. The Kier molecular flexibility index (Phi) is 8.41. The number of likely N-dealkylation sites (N-methyl/N-ethyl adjacent to an activating group) is 1. The third-order valence-corrected chi connectivity index (χ3v) is 4.57. The summed E-state index contributed by atoms with van der Waals surface area (Å²) < 4.78 is 11.4. The molecule has 2 amide bonds. The van der Waals surface area contributed by atoms with Gasteiger partial charge in [-0.05, 0) is 60.2 Å². The van der Waals surface area contributed by atoms with Gasteiger partial charge in [-0.15, -0.1) is 0 Å². The van der Waals surface area contributed by atoms with Crippen molar-refractivity contribution < 1.29 is 19.1 Å². The van der Waals surface area contributed by atoms with Gasteiger partial charge in [0.15, 0.2) is 0 Å². The van der Waals surface area contributed by atoms with Crippen LogP contribution in [-0.4, -0.2) is 56.1 Å². The number of rotatable bonds is 9. The first-order valence-electron chi connectivity index (χ1n) is 8.93. The third-order valence-electron chi connectivity index (χ3n) is 4.10. The average molecular weight is 465 g/mol. The molecule has 0 fully saturated rings. The second kappa shape index (κ2) is 10.8. The molecule has 0 aliphatic rings. The van der Waals surface area contributed by atoms with Crippen LogP contribution in [0.5, 0.6) is 11.5 Å². The minimum Gasteiger partial charge on any atom is -0.497 e. The molecule has 2 rings (SSSR count). The van der Waals surface area contributed by atoms with Gasteiger partial charge in [0.25, 0.3) is 0 Å². The van der Waals surface area contributed by atoms with Gasteiger partial charge < -0.3 is 20.1 Å². The number of nitrogens with zero attached hydrogens (tertiary/aromatic N) is 2. The lowest BCUT2D eigenvalue weighted by molar-refractivity contribution is -0.123. The van der Waals surface area contributed by atoms with Crippen molar-refractivity contribution in [3.8, 4) is 11.5 Å². The number of hydrogen-bond acceptors (Lipinski definition) is 6. The summed E-state index contributed by atoms with van der Waals surface area (Å²) in [6.07, 6.45) is 1.60. The molecule has 2 aromatic rings. The molecule has 0 aliphatic carbocycles. The van der Waals surface area contributed by atoms with Gasteiger partial charge >= 0.3 is 0 Å². The molecule has 9 heteroatoms. The van der Waals surface area contributed by atoms with E-state index in [1.165, 1.54) is 0 Å². The molecule has 1 aromatic heterocycles. The first kappa shape index (κ1) is 22.6. The predicted molar refractivity (Wildman–Crippen MR) is 114 cm³/mol. The van der Waals surface area contributed by atoms with E-state index < -0.39 is 0 Å². The van der Waals surface area contributed by atoms with E-state index >= 15 is 0 Å². The number of benzene rings is 1. The highest BCUT2D eigenvalue weighted by Gasteiger charge is 2.17. The van der Waals surface area contributed by atoms with Crippen LogP contribution in [0.4, 0.5) is 5.82 Å². The maximum atomic E-state index is 12.4. The number of aromatic nitrogens is 1. The van der Waals surface area contributed by atoms with E-state index in [-0.39, 0.29) is 30.9 Å². The number of methoxy groups -OCH3 is 2. The first-order valence-corrected chi connectivity index (χ1v) is 9.73. The fourth-order valence-corrected chi connectivity index (χ4v) is 2.96. The Bertz CT molecular complexity index is 845. The highest BCUT2D eigenvalue weighted by molar-refractivity contribution is 9.10. The van der Waals surface area contributed by atoms with Crippen LogP contribution in [0.2, 0.25) is 0 Å². The highest BCUT2D eigenvalue weighted by Crippen LogP contribution is 2.29. The molecule has 0 saturated carbocycles. The fraction of sp³-hybridized carbons (Fsp3) is 0.350. The van der Waals surface area contributed by atoms with E-state index in [1.807, 2.05) is 13.0 Å². The van der Waals surface area contributed by atoms with Crippen LogP contribution in [0, 0.1) is 0 Å². The van der Waals surface area contributed by atoms with Crippen molar-refractivity contribution in [2.75, 3.05) is 39.7 Å². The van der Waals surface area contributed by atoms with E-state index in [9.17, 15) is 9.59 Å². The number of nitrogens with one attached hydrogen (secondary N) is 2. The van der Waals surface area contributed by atoms with Gasteiger partial charge in [-0.1, -0.05) is 0 Å². The van der Waals surface area contributed by atoms with Crippen molar-refractivity contribution >= 4 is 33.6 Å². The summed E-state index contributed by atoms with van der Waals surface area (Å²) in [6, 6.07) is 8.60. The number of amides is 2. The molecule has 0 radical (unpaired) electrons. The van der Waals surface area contributed by atoms with Gasteiger partial charge in [-0.2, -0.15) is 0 Å². The van der Waals surface area contributed by atoms with Crippen LogP contribution in [0.1, 0.15) is 18.5 Å². The number of pyridine rings is 1. The standard InChI is InChI=1S/C20H25BrN4O4/c1-13(16-9-15(28-3)6-7-17(16)29-4)23-19(26)11-25(2)12-20(27)24-18-8-5-14(21)10-22-18/h5-10,13H,11-12H2,1-4H3,(H,23,26)(H,22,24,27). The molecule has 1 aromatic carbocycles. The normalized spacial score (nSPS) is 11.7. The summed E-state index contributed by atoms with van der Waals surface area (Å²) in [4.78, 5) is 30.2. The van der Waals surface area contributed by atoms with E-state index in [2.05, 4.69) is 31.5 Å². The van der Waals surface area contributed by atoms with Crippen molar-refractivity contribution in [3.05, 3.63) is 46.6 Å². The molecule has 1 atom stereocenters. The lowest BCUT2D eigenvalue weighted by Gasteiger charge is -2.20. The zero-order chi connectivity index (χ0) is 21.4. The van der Waals surface area contributed by atoms with Gasteiger partial charge in [-0.3, -0.25) is 14.5 Å². The quantitative estimate of drug-likeness (QED) is 0.592.